The summed E-state index contributed by atoms with van der Waals surface area (Å²) < 4.78 is 0. The molecule has 0 N–H and O–H groups in total. The first kappa shape index (κ1) is 13.9. The van der Waals surface area contributed by atoms with Gasteiger partial charge < -0.3 is 0 Å². The van der Waals surface area contributed by atoms with Crippen molar-refractivity contribution in [1.82, 2.24) is 0 Å². The highest BCUT2D eigenvalue weighted by Gasteiger charge is 2.09. The molecule has 0 aromatic heterocycles. The zero-order valence-electron chi connectivity index (χ0n) is 11.8. The van der Waals surface area contributed by atoms with E-state index in [1.165, 1.54) is 0 Å². The normalized spacial score (nSPS) is 10.8. The van der Waals surface area contributed by atoms with Gasteiger partial charge in [0, 0.05) is 5.28 Å². The lowest BCUT2D eigenvalue weighted by molar-refractivity contribution is 0.0482. The molecule has 102 valence electrons. The van der Waals surface area contributed by atoms with Crippen molar-refractivity contribution >= 4 is 11.7 Å². The van der Waals surface area contributed by atoms with Gasteiger partial charge in [0.15, 0.2) is 0 Å². The fourth-order valence-corrected chi connectivity index (χ4v) is 1.80. The number of hydrogen-bond donors (Lipinski definition) is 0. The molecule has 2 rings (SSSR count). The number of carbonyl (C=O) groups excluding carboxylic acids is 1. The van der Waals surface area contributed by atoms with Crippen molar-refractivity contribution in [3.05, 3.63) is 64.7 Å². The third kappa shape index (κ3) is 3.09. The van der Waals surface area contributed by atoms with E-state index in [0.29, 0.717) is 11.3 Å². The lowest BCUT2D eigenvalue weighted by atomic mass is 10.1. The summed E-state index contributed by atoms with van der Waals surface area (Å²) in [7, 11) is 0. The minimum atomic E-state index is -0.503. The third-order valence-electron chi connectivity index (χ3n) is 3.21. The molecule has 0 atom stereocenters. The summed E-state index contributed by atoms with van der Waals surface area (Å²) in [6.07, 6.45) is 0. The molecule has 2 aromatic carbocycles. The Kier molecular flexibility index (Phi) is 4.25. The Hall–Kier alpha value is -2.49. The topological polar surface area (TPSA) is 51.0 Å². The highest BCUT2D eigenvalue weighted by molar-refractivity contribution is 5.90. The molecule has 4 nitrogen and oxygen atoms in total. The predicted molar refractivity (Wildman–Crippen MR) is 77.0 cm³/mol. The Bertz CT molecular complexity index is 663. The van der Waals surface area contributed by atoms with Crippen molar-refractivity contribution in [3.63, 3.8) is 0 Å². The summed E-state index contributed by atoms with van der Waals surface area (Å²) in [6, 6.07) is 12.9. The van der Waals surface area contributed by atoms with Crippen LogP contribution in [0.4, 0.5) is 5.69 Å². The van der Waals surface area contributed by atoms with E-state index in [1.54, 1.807) is 12.1 Å². The van der Waals surface area contributed by atoms with Crippen LogP contribution in [0.3, 0.4) is 0 Å². The maximum absolute atomic E-state index is 11.8. The fourth-order valence-electron chi connectivity index (χ4n) is 1.80. The minimum absolute atomic E-state index is 0.493. The van der Waals surface area contributed by atoms with Gasteiger partial charge in [-0.2, -0.15) is 0 Å². The van der Waals surface area contributed by atoms with E-state index in [1.807, 2.05) is 51.1 Å². The molecule has 0 bridgehead atoms. The summed E-state index contributed by atoms with van der Waals surface area (Å²) in [5.74, 6) is -0.503. The van der Waals surface area contributed by atoms with Crippen LogP contribution in [0.2, 0.25) is 0 Å². The Morgan fingerprint density at radius 2 is 1.65 bits per heavy atom. The SMILES string of the molecule is Cc1ccccc1C(=O)ON=Nc1cccc(C)c1C. The van der Waals surface area contributed by atoms with E-state index in [-0.39, 0.29) is 0 Å². The molecule has 0 aliphatic heterocycles. The molecule has 20 heavy (non-hydrogen) atoms. The van der Waals surface area contributed by atoms with Crippen molar-refractivity contribution in [2.24, 2.45) is 10.4 Å². The van der Waals surface area contributed by atoms with E-state index in [0.717, 1.165) is 16.7 Å². The van der Waals surface area contributed by atoms with E-state index in [4.69, 9.17) is 4.84 Å². The van der Waals surface area contributed by atoms with Gasteiger partial charge in [-0.05, 0) is 49.6 Å². The number of carbonyl (C=O) groups is 1. The van der Waals surface area contributed by atoms with Gasteiger partial charge in [0.05, 0.1) is 11.3 Å². The first-order valence-corrected chi connectivity index (χ1v) is 6.34. The Morgan fingerprint density at radius 1 is 0.950 bits per heavy atom. The van der Waals surface area contributed by atoms with Crippen LogP contribution in [0.1, 0.15) is 27.0 Å². The second-order valence-corrected chi connectivity index (χ2v) is 4.59. The van der Waals surface area contributed by atoms with Crippen molar-refractivity contribution in [2.45, 2.75) is 20.8 Å². The maximum atomic E-state index is 11.8. The van der Waals surface area contributed by atoms with Gasteiger partial charge in [-0.3, -0.25) is 4.84 Å². The second-order valence-electron chi connectivity index (χ2n) is 4.59. The average Bonchev–Trinajstić information content (AvgIpc) is 2.44. The Morgan fingerprint density at radius 3 is 2.40 bits per heavy atom. The lowest BCUT2D eigenvalue weighted by Gasteiger charge is -2.02. The maximum Gasteiger partial charge on any atom is 0.367 e. The molecule has 0 saturated heterocycles. The molecular formula is C16H16N2O2. The van der Waals surface area contributed by atoms with Gasteiger partial charge in [-0.1, -0.05) is 30.3 Å². The predicted octanol–water partition coefficient (Wildman–Crippen LogP) is 4.47. The number of benzene rings is 2. The minimum Gasteiger partial charge on any atom is -0.294 e. The first-order valence-electron chi connectivity index (χ1n) is 6.34. The van der Waals surface area contributed by atoms with Crippen LogP contribution in [-0.4, -0.2) is 5.97 Å². The van der Waals surface area contributed by atoms with E-state index < -0.39 is 5.97 Å². The van der Waals surface area contributed by atoms with Gasteiger partial charge in [0.2, 0.25) is 0 Å². The van der Waals surface area contributed by atoms with Crippen LogP contribution >= 0.6 is 0 Å². The zero-order chi connectivity index (χ0) is 14.5. The molecule has 0 aliphatic rings. The summed E-state index contributed by atoms with van der Waals surface area (Å²) in [6.45, 7) is 5.79. The highest BCUT2D eigenvalue weighted by atomic mass is 16.7. The fraction of sp³-hybridized carbons (Fsp3) is 0.188. The quantitative estimate of drug-likeness (QED) is 0.609. The summed E-state index contributed by atoms with van der Waals surface area (Å²) in [4.78, 5) is 16.7. The smallest absolute Gasteiger partial charge is 0.294 e. The standard InChI is InChI=1S/C16H16N2O2/c1-11-8-6-10-15(13(11)3)17-18-20-16(19)14-9-5-4-7-12(14)2/h4-10H,1-3H3. The monoisotopic (exact) mass is 268 g/mol. The molecule has 0 amide bonds. The van der Waals surface area contributed by atoms with Crippen LogP contribution in [0.5, 0.6) is 0 Å². The largest absolute Gasteiger partial charge is 0.367 e. The van der Waals surface area contributed by atoms with E-state index in [2.05, 4.69) is 10.4 Å². The highest BCUT2D eigenvalue weighted by Crippen LogP contribution is 2.21. The lowest BCUT2D eigenvalue weighted by Crippen LogP contribution is -2.02. The molecule has 0 radical (unpaired) electrons. The number of hydrogen-bond acceptors (Lipinski definition) is 4. The summed E-state index contributed by atoms with van der Waals surface area (Å²) >= 11 is 0. The van der Waals surface area contributed by atoms with E-state index >= 15 is 0 Å². The summed E-state index contributed by atoms with van der Waals surface area (Å²) in [5.41, 5.74) is 4.17. The van der Waals surface area contributed by atoms with Crippen molar-refractivity contribution in [3.8, 4) is 0 Å². The molecule has 2 aromatic rings. The van der Waals surface area contributed by atoms with Gasteiger partial charge in [0.25, 0.3) is 0 Å². The molecule has 0 fully saturated rings. The molecular weight excluding hydrogens is 252 g/mol. The summed E-state index contributed by atoms with van der Waals surface area (Å²) in [5, 5.41) is 7.48. The molecule has 0 spiro atoms. The molecule has 0 heterocycles. The zero-order valence-corrected chi connectivity index (χ0v) is 11.8. The van der Waals surface area contributed by atoms with Crippen molar-refractivity contribution in [2.75, 3.05) is 0 Å². The van der Waals surface area contributed by atoms with Crippen molar-refractivity contribution in [1.29, 1.82) is 0 Å². The van der Waals surface area contributed by atoms with Crippen LogP contribution in [0, 0.1) is 20.8 Å². The first-order chi connectivity index (χ1) is 9.59. The van der Waals surface area contributed by atoms with Crippen molar-refractivity contribution < 1.29 is 9.63 Å². The van der Waals surface area contributed by atoms with Crippen LogP contribution in [0.25, 0.3) is 0 Å². The van der Waals surface area contributed by atoms with Gasteiger partial charge >= 0.3 is 5.97 Å². The average molecular weight is 268 g/mol. The van der Waals surface area contributed by atoms with Crippen LogP contribution < -0.4 is 0 Å². The van der Waals surface area contributed by atoms with Crippen LogP contribution in [-0.2, 0) is 4.84 Å². The number of rotatable bonds is 3. The molecule has 4 heteroatoms. The second kappa shape index (κ2) is 6.10. The molecule has 0 unspecified atom stereocenters. The van der Waals surface area contributed by atoms with Crippen LogP contribution in [0.15, 0.2) is 52.9 Å². The third-order valence-corrected chi connectivity index (χ3v) is 3.21. The molecule has 0 saturated carbocycles. The van der Waals surface area contributed by atoms with Gasteiger partial charge in [0.1, 0.15) is 0 Å². The number of aryl methyl sites for hydroxylation is 2. The Balaban J connectivity index is 2.09. The van der Waals surface area contributed by atoms with Gasteiger partial charge in [-0.25, -0.2) is 4.79 Å². The number of nitrogens with zero attached hydrogens (tertiary/aromatic N) is 2. The Labute approximate surface area is 118 Å². The van der Waals surface area contributed by atoms with E-state index in [9.17, 15) is 4.79 Å². The van der Waals surface area contributed by atoms with Gasteiger partial charge in [-0.15, -0.1) is 5.11 Å². The molecule has 0 aliphatic carbocycles.